The second-order valence-corrected chi connectivity index (χ2v) is 4.67. The van der Waals surface area contributed by atoms with E-state index in [1.807, 2.05) is 24.3 Å². The van der Waals surface area contributed by atoms with E-state index < -0.39 is 6.09 Å². The molecule has 0 radical (unpaired) electrons. The van der Waals surface area contributed by atoms with Gasteiger partial charge in [0.2, 0.25) is 0 Å². The summed E-state index contributed by atoms with van der Waals surface area (Å²) in [7, 11) is 1.65. The number of nitrogens with zero attached hydrogens (tertiary/aromatic N) is 2. The zero-order chi connectivity index (χ0) is 16.5. The lowest BCUT2D eigenvalue weighted by Crippen LogP contribution is -2.15. The Morgan fingerprint density at radius 3 is 2.39 bits per heavy atom. The van der Waals surface area contributed by atoms with Gasteiger partial charge in [0.15, 0.2) is 5.82 Å². The molecule has 0 unspecified atom stereocenters. The van der Waals surface area contributed by atoms with Crippen molar-refractivity contribution in [1.82, 2.24) is 10.2 Å². The fraction of sp³-hybridized carbons (Fsp3) is 0.312. The number of ether oxygens (including phenoxy) is 2. The highest BCUT2D eigenvalue weighted by Gasteiger charge is 2.03. The number of hydrogen-bond acceptors (Lipinski definition) is 6. The summed E-state index contributed by atoms with van der Waals surface area (Å²) in [5.74, 6) is 1.84. The number of hydrogen-bond donors (Lipinski definition) is 2. The molecule has 0 atom stereocenters. The first kappa shape index (κ1) is 16.5. The third-order valence-corrected chi connectivity index (χ3v) is 3.05. The minimum atomic E-state index is -0.540. The van der Waals surface area contributed by atoms with Crippen molar-refractivity contribution in [1.29, 1.82) is 0 Å². The summed E-state index contributed by atoms with van der Waals surface area (Å²) in [5, 5.41) is 13.6. The molecule has 1 heterocycles. The predicted molar refractivity (Wildman–Crippen MR) is 87.9 cm³/mol. The summed E-state index contributed by atoms with van der Waals surface area (Å²) in [6, 6.07) is 11.3. The predicted octanol–water partition coefficient (Wildman–Crippen LogP) is 2.71. The highest BCUT2D eigenvalue weighted by molar-refractivity contribution is 5.83. The third kappa shape index (κ3) is 5.46. The largest absolute Gasteiger partial charge is 0.497 e. The minimum absolute atomic E-state index is 0.310. The topological polar surface area (TPSA) is 85.4 Å². The summed E-state index contributed by atoms with van der Waals surface area (Å²) in [4.78, 5) is 11.2. The van der Waals surface area contributed by atoms with Crippen molar-refractivity contribution in [2.45, 2.75) is 13.3 Å². The van der Waals surface area contributed by atoms with Crippen molar-refractivity contribution in [3.05, 3.63) is 42.0 Å². The van der Waals surface area contributed by atoms with Gasteiger partial charge in [-0.15, -0.1) is 10.2 Å². The lowest BCUT2D eigenvalue weighted by molar-refractivity contribution is 0.168. The number of rotatable bonds is 7. The van der Waals surface area contributed by atoms with Gasteiger partial charge in [0, 0.05) is 6.54 Å². The Kier molecular flexibility index (Phi) is 6.17. The molecule has 7 heteroatoms. The Balaban J connectivity index is 1.78. The third-order valence-electron chi connectivity index (χ3n) is 3.05. The van der Waals surface area contributed by atoms with Crippen molar-refractivity contribution >= 4 is 17.7 Å². The zero-order valence-corrected chi connectivity index (χ0v) is 13.2. The van der Waals surface area contributed by atoms with Gasteiger partial charge in [-0.1, -0.05) is 12.1 Å². The molecule has 1 amide bonds. The van der Waals surface area contributed by atoms with E-state index in [9.17, 15) is 4.79 Å². The Morgan fingerprint density at radius 1 is 1.09 bits per heavy atom. The van der Waals surface area contributed by atoms with Crippen molar-refractivity contribution in [3.8, 4) is 5.75 Å². The van der Waals surface area contributed by atoms with Crippen LogP contribution in [0.25, 0.3) is 0 Å². The first-order valence-corrected chi connectivity index (χ1v) is 7.35. The molecule has 2 rings (SSSR count). The minimum Gasteiger partial charge on any atom is -0.497 e. The van der Waals surface area contributed by atoms with Crippen molar-refractivity contribution < 1.29 is 14.3 Å². The van der Waals surface area contributed by atoms with Gasteiger partial charge in [-0.25, -0.2) is 4.79 Å². The van der Waals surface area contributed by atoms with Crippen LogP contribution in [0.3, 0.4) is 0 Å². The molecule has 2 N–H and O–H groups in total. The molecule has 0 saturated carbocycles. The second-order valence-electron chi connectivity index (χ2n) is 4.67. The van der Waals surface area contributed by atoms with E-state index in [0.29, 0.717) is 18.2 Å². The summed E-state index contributed by atoms with van der Waals surface area (Å²) in [5.41, 5.74) is 1.20. The van der Waals surface area contributed by atoms with E-state index in [2.05, 4.69) is 20.8 Å². The van der Waals surface area contributed by atoms with Gasteiger partial charge >= 0.3 is 6.09 Å². The van der Waals surface area contributed by atoms with Crippen LogP contribution >= 0.6 is 0 Å². The Bertz CT molecular complexity index is 614. The monoisotopic (exact) mass is 316 g/mol. The van der Waals surface area contributed by atoms with Crippen LogP contribution in [0, 0.1) is 0 Å². The standard InChI is InChI=1S/C16H20N4O3/c1-3-23-16(21)18-15-9-8-14(19-20-15)17-11-10-12-4-6-13(22-2)7-5-12/h4-9H,3,10-11H2,1-2H3,(H,17,19)(H,18,20,21). The number of anilines is 2. The molecule has 122 valence electrons. The number of methoxy groups -OCH3 is 1. The Hall–Kier alpha value is -2.83. The van der Waals surface area contributed by atoms with Crippen LogP contribution in [0.1, 0.15) is 12.5 Å². The molecular formula is C16H20N4O3. The van der Waals surface area contributed by atoms with Crippen LogP contribution in [0.5, 0.6) is 5.75 Å². The van der Waals surface area contributed by atoms with Crippen LogP contribution in [0.2, 0.25) is 0 Å². The average molecular weight is 316 g/mol. The van der Waals surface area contributed by atoms with Crippen LogP contribution in [-0.2, 0) is 11.2 Å². The number of carbonyl (C=O) groups excluding carboxylic acids is 1. The molecule has 1 aromatic carbocycles. The summed E-state index contributed by atoms with van der Waals surface area (Å²) >= 11 is 0. The van der Waals surface area contributed by atoms with Gasteiger partial charge in [-0.3, -0.25) is 5.32 Å². The molecule has 7 nitrogen and oxygen atoms in total. The lowest BCUT2D eigenvalue weighted by atomic mass is 10.1. The van der Waals surface area contributed by atoms with Gasteiger partial charge < -0.3 is 14.8 Å². The normalized spacial score (nSPS) is 10.0. The molecule has 0 aliphatic rings. The zero-order valence-electron chi connectivity index (χ0n) is 13.2. The quantitative estimate of drug-likeness (QED) is 0.817. The Morgan fingerprint density at radius 2 is 1.78 bits per heavy atom. The van der Waals surface area contributed by atoms with Crippen LogP contribution in [-0.4, -0.2) is 36.6 Å². The molecular weight excluding hydrogens is 296 g/mol. The number of benzene rings is 1. The van der Waals surface area contributed by atoms with E-state index >= 15 is 0 Å². The summed E-state index contributed by atoms with van der Waals surface area (Å²) in [6.45, 7) is 2.77. The highest BCUT2D eigenvalue weighted by atomic mass is 16.5. The molecule has 2 aromatic rings. The number of nitrogens with one attached hydrogen (secondary N) is 2. The Labute approximate surface area is 135 Å². The molecule has 0 bridgehead atoms. The van der Waals surface area contributed by atoms with Gasteiger partial charge in [0.25, 0.3) is 0 Å². The summed E-state index contributed by atoms with van der Waals surface area (Å²) in [6.07, 6.45) is 0.316. The van der Waals surface area contributed by atoms with E-state index in [1.54, 1.807) is 26.2 Å². The van der Waals surface area contributed by atoms with Crippen molar-refractivity contribution in [3.63, 3.8) is 0 Å². The van der Waals surface area contributed by atoms with Gasteiger partial charge in [0.05, 0.1) is 13.7 Å². The van der Waals surface area contributed by atoms with Crippen molar-refractivity contribution in [2.24, 2.45) is 0 Å². The summed E-state index contributed by atoms with van der Waals surface area (Å²) < 4.78 is 9.89. The second kappa shape index (κ2) is 8.57. The first-order chi connectivity index (χ1) is 11.2. The van der Waals surface area contributed by atoms with Crippen LogP contribution < -0.4 is 15.4 Å². The number of aromatic nitrogens is 2. The fourth-order valence-electron chi connectivity index (χ4n) is 1.89. The fourth-order valence-corrected chi connectivity index (χ4v) is 1.89. The van der Waals surface area contributed by atoms with Crippen LogP contribution in [0.15, 0.2) is 36.4 Å². The van der Waals surface area contributed by atoms with E-state index in [-0.39, 0.29) is 0 Å². The smallest absolute Gasteiger partial charge is 0.412 e. The molecule has 0 fully saturated rings. The molecule has 1 aromatic heterocycles. The maximum Gasteiger partial charge on any atom is 0.412 e. The van der Waals surface area contributed by atoms with Crippen LogP contribution in [0.4, 0.5) is 16.4 Å². The maximum absolute atomic E-state index is 11.2. The van der Waals surface area contributed by atoms with E-state index in [4.69, 9.17) is 9.47 Å². The number of carbonyl (C=O) groups is 1. The van der Waals surface area contributed by atoms with E-state index in [0.717, 1.165) is 18.7 Å². The first-order valence-electron chi connectivity index (χ1n) is 7.35. The SMILES string of the molecule is CCOC(=O)Nc1ccc(NCCc2ccc(OC)cc2)nn1. The van der Waals surface area contributed by atoms with Gasteiger partial charge in [0.1, 0.15) is 11.6 Å². The van der Waals surface area contributed by atoms with Gasteiger partial charge in [-0.2, -0.15) is 0 Å². The molecule has 23 heavy (non-hydrogen) atoms. The molecule has 0 spiro atoms. The molecule has 0 aliphatic carbocycles. The number of amides is 1. The maximum atomic E-state index is 11.2. The average Bonchev–Trinajstić information content (AvgIpc) is 2.57. The highest BCUT2D eigenvalue weighted by Crippen LogP contribution is 2.12. The van der Waals surface area contributed by atoms with Gasteiger partial charge in [-0.05, 0) is 43.2 Å². The van der Waals surface area contributed by atoms with Crippen molar-refractivity contribution in [2.75, 3.05) is 30.9 Å². The molecule has 0 aliphatic heterocycles. The van der Waals surface area contributed by atoms with E-state index in [1.165, 1.54) is 5.56 Å². The lowest BCUT2D eigenvalue weighted by Gasteiger charge is -2.07. The molecule has 0 saturated heterocycles.